The van der Waals surface area contributed by atoms with Crippen molar-refractivity contribution < 1.29 is 14.3 Å². The maximum atomic E-state index is 12.8. The highest BCUT2D eigenvalue weighted by Gasteiger charge is 2.48. The van der Waals surface area contributed by atoms with Gasteiger partial charge in [-0.25, -0.2) is 0 Å². The molecule has 4 heteroatoms. The van der Waals surface area contributed by atoms with E-state index >= 15 is 0 Å². The van der Waals surface area contributed by atoms with Crippen LogP contribution in [0.5, 0.6) is 0 Å². The van der Waals surface area contributed by atoms with Crippen LogP contribution in [0, 0.1) is 17.3 Å². The molecule has 23 heavy (non-hydrogen) atoms. The van der Waals surface area contributed by atoms with Crippen molar-refractivity contribution in [2.45, 2.75) is 51.0 Å². The zero-order valence-corrected chi connectivity index (χ0v) is 14.0. The molecule has 3 fully saturated rings. The minimum Gasteiger partial charge on any atom is -0.380 e. The van der Waals surface area contributed by atoms with E-state index in [1.54, 1.807) is 0 Å². The first-order valence-corrected chi connectivity index (χ1v) is 9.40. The number of nitrogens with zero attached hydrogens (tertiary/aromatic N) is 1. The lowest BCUT2D eigenvalue weighted by Crippen LogP contribution is -2.58. The zero-order chi connectivity index (χ0) is 15.7. The second kappa shape index (κ2) is 6.56. The maximum absolute atomic E-state index is 12.8. The fourth-order valence-electron chi connectivity index (χ4n) is 4.48. The molecule has 1 saturated carbocycles. The molecule has 2 aliphatic carbocycles. The summed E-state index contributed by atoms with van der Waals surface area (Å²) in [4.78, 5) is 14.9. The second-order valence-electron chi connectivity index (χ2n) is 7.97. The normalized spacial score (nSPS) is 34.6. The van der Waals surface area contributed by atoms with Gasteiger partial charge < -0.3 is 14.4 Å². The van der Waals surface area contributed by atoms with E-state index in [1.807, 2.05) is 0 Å². The Balaban J connectivity index is 1.41. The van der Waals surface area contributed by atoms with Gasteiger partial charge in [-0.05, 0) is 50.9 Å². The predicted octanol–water partition coefficient (Wildman–Crippen LogP) is 2.78. The summed E-state index contributed by atoms with van der Waals surface area (Å²) in [5, 5.41) is 0. The Morgan fingerprint density at radius 1 is 1.26 bits per heavy atom. The molecule has 4 nitrogen and oxygen atoms in total. The van der Waals surface area contributed by atoms with Gasteiger partial charge in [-0.2, -0.15) is 0 Å². The van der Waals surface area contributed by atoms with Crippen molar-refractivity contribution in [3.05, 3.63) is 12.2 Å². The predicted molar refractivity (Wildman–Crippen MR) is 88.0 cm³/mol. The summed E-state index contributed by atoms with van der Waals surface area (Å²) in [6, 6.07) is 0. The summed E-state index contributed by atoms with van der Waals surface area (Å²) in [5.74, 6) is 1.32. The number of rotatable bonds is 5. The topological polar surface area (TPSA) is 38.8 Å². The number of likely N-dealkylation sites (tertiary alicyclic amines) is 1. The summed E-state index contributed by atoms with van der Waals surface area (Å²) in [6.45, 7) is 4.22. The van der Waals surface area contributed by atoms with Crippen LogP contribution in [-0.2, 0) is 14.3 Å². The van der Waals surface area contributed by atoms with E-state index in [9.17, 15) is 4.79 Å². The Labute approximate surface area is 139 Å². The number of allylic oxidation sites excluding steroid dienone is 2. The molecule has 0 aromatic carbocycles. The number of carbonyl (C=O) groups excluding carboxylic acids is 1. The van der Waals surface area contributed by atoms with Crippen molar-refractivity contribution in [2.24, 2.45) is 17.3 Å². The van der Waals surface area contributed by atoms with Gasteiger partial charge in [0.15, 0.2) is 0 Å². The molecular formula is C19H29NO3. The number of fused-ring (bicyclic) bond motifs is 1. The van der Waals surface area contributed by atoms with Gasteiger partial charge >= 0.3 is 0 Å². The average Bonchev–Trinajstić information content (AvgIpc) is 3.24. The highest BCUT2D eigenvalue weighted by molar-refractivity contribution is 5.79. The minimum atomic E-state index is 0.0348. The number of amides is 1. The van der Waals surface area contributed by atoms with Crippen LogP contribution < -0.4 is 0 Å². The monoisotopic (exact) mass is 319 g/mol. The van der Waals surface area contributed by atoms with Gasteiger partial charge in [-0.1, -0.05) is 12.2 Å². The lowest BCUT2D eigenvalue weighted by molar-refractivity contribution is -0.167. The highest BCUT2D eigenvalue weighted by atomic mass is 16.5. The first-order chi connectivity index (χ1) is 11.3. The fraction of sp³-hybridized carbons (Fsp3) is 0.842. The third kappa shape index (κ3) is 3.34. The van der Waals surface area contributed by atoms with Crippen molar-refractivity contribution in [2.75, 3.05) is 32.9 Å². The lowest BCUT2D eigenvalue weighted by atomic mass is 9.72. The molecule has 2 saturated heterocycles. The number of piperidine rings is 1. The summed E-state index contributed by atoms with van der Waals surface area (Å²) >= 11 is 0. The van der Waals surface area contributed by atoms with E-state index in [0.717, 1.165) is 70.9 Å². The Bertz CT molecular complexity index is 465. The van der Waals surface area contributed by atoms with E-state index in [2.05, 4.69) is 17.1 Å². The number of ether oxygens (including phenoxy) is 2. The zero-order valence-electron chi connectivity index (χ0n) is 14.0. The molecule has 0 radical (unpaired) electrons. The van der Waals surface area contributed by atoms with Crippen molar-refractivity contribution in [1.82, 2.24) is 4.90 Å². The fourth-order valence-corrected chi connectivity index (χ4v) is 4.48. The quantitative estimate of drug-likeness (QED) is 0.732. The van der Waals surface area contributed by atoms with Gasteiger partial charge in [0.25, 0.3) is 0 Å². The molecule has 2 aliphatic heterocycles. The minimum absolute atomic E-state index is 0.0348. The largest absolute Gasteiger partial charge is 0.380 e. The molecule has 0 unspecified atom stereocenters. The average molecular weight is 319 g/mol. The van der Waals surface area contributed by atoms with Crippen molar-refractivity contribution in [3.8, 4) is 0 Å². The van der Waals surface area contributed by atoms with Gasteiger partial charge in [0.05, 0.1) is 12.7 Å². The molecule has 4 aliphatic rings. The Morgan fingerprint density at radius 3 is 2.87 bits per heavy atom. The van der Waals surface area contributed by atoms with E-state index in [-0.39, 0.29) is 17.4 Å². The maximum Gasteiger partial charge on any atom is 0.226 e. The van der Waals surface area contributed by atoms with Crippen LogP contribution in [0.1, 0.15) is 44.9 Å². The summed E-state index contributed by atoms with van der Waals surface area (Å²) < 4.78 is 12.2. The Hall–Kier alpha value is -0.870. The molecule has 128 valence electrons. The summed E-state index contributed by atoms with van der Waals surface area (Å²) in [7, 11) is 0. The number of carbonyl (C=O) groups is 1. The van der Waals surface area contributed by atoms with Gasteiger partial charge in [0.1, 0.15) is 0 Å². The van der Waals surface area contributed by atoms with Crippen LogP contribution in [0.25, 0.3) is 0 Å². The van der Waals surface area contributed by atoms with Crippen molar-refractivity contribution in [3.63, 3.8) is 0 Å². The Kier molecular flexibility index (Phi) is 4.46. The molecule has 0 aromatic rings. The van der Waals surface area contributed by atoms with Crippen LogP contribution in [0.2, 0.25) is 0 Å². The number of hydrogen-bond acceptors (Lipinski definition) is 3. The number of hydrogen-bond donors (Lipinski definition) is 0. The highest BCUT2D eigenvalue weighted by Crippen LogP contribution is 2.41. The van der Waals surface area contributed by atoms with E-state index < -0.39 is 0 Å². The van der Waals surface area contributed by atoms with Crippen LogP contribution in [0.15, 0.2) is 12.2 Å². The standard InChI is InChI=1S/C19H29NO3/c21-18(16-4-1-2-5-16)20-10-8-17-19(13-20,9-3-11-23-17)14-22-12-15-6-7-15/h1-2,15-17H,3-14H2/t17-,19-/m1/s1. The van der Waals surface area contributed by atoms with Crippen molar-refractivity contribution in [1.29, 1.82) is 0 Å². The van der Waals surface area contributed by atoms with Crippen LogP contribution >= 0.6 is 0 Å². The molecule has 4 rings (SSSR count). The first-order valence-electron chi connectivity index (χ1n) is 9.40. The second-order valence-corrected chi connectivity index (χ2v) is 7.97. The van der Waals surface area contributed by atoms with Crippen LogP contribution in [-0.4, -0.2) is 49.8 Å². The Morgan fingerprint density at radius 2 is 2.09 bits per heavy atom. The van der Waals surface area contributed by atoms with E-state index in [4.69, 9.17) is 9.47 Å². The van der Waals surface area contributed by atoms with E-state index in [0.29, 0.717) is 5.91 Å². The van der Waals surface area contributed by atoms with Crippen LogP contribution in [0.4, 0.5) is 0 Å². The lowest BCUT2D eigenvalue weighted by Gasteiger charge is -2.50. The molecule has 0 bridgehead atoms. The molecule has 0 aromatic heterocycles. The van der Waals surface area contributed by atoms with Crippen LogP contribution in [0.3, 0.4) is 0 Å². The molecule has 0 spiro atoms. The summed E-state index contributed by atoms with van der Waals surface area (Å²) in [6.07, 6.45) is 12.3. The van der Waals surface area contributed by atoms with E-state index in [1.165, 1.54) is 12.8 Å². The first kappa shape index (κ1) is 15.6. The van der Waals surface area contributed by atoms with Gasteiger partial charge in [-0.15, -0.1) is 0 Å². The smallest absolute Gasteiger partial charge is 0.226 e. The molecule has 0 N–H and O–H groups in total. The molecule has 1 amide bonds. The third-order valence-electron chi connectivity index (χ3n) is 6.10. The molecular weight excluding hydrogens is 290 g/mol. The van der Waals surface area contributed by atoms with Gasteiger partial charge in [0, 0.05) is 37.6 Å². The SMILES string of the molecule is O=C(C1CC=CC1)N1CC[C@H]2OCCC[C@]2(COCC2CC2)C1. The molecule has 2 heterocycles. The van der Waals surface area contributed by atoms with Gasteiger partial charge in [-0.3, -0.25) is 4.79 Å². The van der Waals surface area contributed by atoms with Gasteiger partial charge in [0.2, 0.25) is 5.91 Å². The third-order valence-corrected chi connectivity index (χ3v) is 6.10. The molecule has 2 atom stereocenters. The van der Waals surface area contributed by atoms with Crippen molar-refractivity contribution >= 4 is 5.91 Å². The summed E-state index contributed by atoms with van der Waals surface area (Å²) in [5.41, 5.74) is 0.0348.